The van der Waals surface area contributed by atoms with Crippen LogP contribution < -0.4 is 5.73 Å². The molecule has 3 fully saturated rings. The number of fused-ring (bicyclic) bond motifs is 3. The summed E-state index contributed by atoms with van der Waals surface area (Å²) in [6.45, 7) is 0. The lowest BCUT2D eigenvalue weighted by atomic mass is 9.54. The van der Waals surface area contributed by atoms with E-state index in [1.54, 1.807) is 24.3 Å². The molecular weight excluding hydrogens is 366 g/mol. The molecule has 0 aromatic heterocycles. The van der Waals surface area contributed by atoms with E-state index in [4.69, 9.17) is 5.73 Å². The lowest BCUT2D eigenvalue weighted by Gasteiger charge is -2.51. The van der Waals surface area contributed by atoms with Crippen molar-refractivity contribution in [2.45, 2.75) is 43.4 Å². The first-order chi connectivity index (χ1) is 10.3. The molecule has 3 aliphatic rings. The fraction of sp³-hybridized carbons (Fsp3) is 0.562. The molecule has 1 aromatic rings. The van der Waals surface area contributed by atoms with E-state index in [2.05, 4.69) is 15.9 Å². The molecule has 4 rings (SSSR count). The maximum atomic E-state index is 12.7. The summed E-state index contributed by atoms with van der Waals surface area (Å²) in [5, 5.41) is 0. The summed E-state index contributed by atoms with van der Waals surface area (Å²) in [7, 11) is -3.30. The van der Waals surface area contributed by atoms with Crippen molar-refractivity contribution in [2.24, 2.45) is 16.6 Å². The number of nitrogens with two attached hydrogens (primary N) is 1. The predicted molar refractivity (Wildman–Crippen MR) is 88.0 cm³/mol. The summed E-state index contributed by atoms with van der Waals surface area (Å²) < 4.78 is 26.3. The lowest BCUT2D eigenvalue weighted by Crippen LogP contribution is -2.50. The quantitative estimate of drug-likeness (QED) is 0.864. The maximum absolute atomic E-state index is 12.7. The van der Waals surface area contributed by atoms with E-state index in [1.807, 2.05) is 0 Å². The molecule has 0 unspecified atom stereocenters. The Balaban J connectivity index is 1.79. The summed E-state index contributed by atoms with van der Waals surface area (Å²) in [5.41, 5.74) is 5.00. The number of benzene rings is 1. The van der Waals surface area contributed by atoms with Gasteiger partial charge in [-0.2, -0.15) is 0 Å². The summed E-state index contributed by atoms with van der Waals surface area (Å²) in [6.07, 6.45) is 4.55. The average Bonchev–Trinajstić information content (AvgIpc) is 2.48. The molecule has 6 heteroatoms. The molecule has 4 nitrogen and oxygen atoms in total. The molecule has 2 N–H and O–H groups in total. The van der Waals surface area contributed by atoms with Crippen LogP contribution in [0.2, 0.25) is 0 Å². The number of rotatable bonds is 4. The Morgan fingerprint density at radius 2 is 1.55 bits per heavy atom. The molecule has 0 atom stereocenters. The van der Waals surface area contributed by atoms with Gasteiger partial charge in [0.25, 0.3) is 0 Å². The number of primary amides is 1. The maximum Gasteiger partial charge on any atom is 0.223 e. The molecule has 1 aromatic carbocycles. The van der Waals surface area contributed by atoms with Gasteiger partial charge in [0.2, 0.25) is 5.91 Å². The van der Waals surface area contributed by atoms with Crippen molar-refractivity contribution in [1.82, 2.24) is 0 Å². The van der Waals surface area contributed by atoms with E-state index in [0.717, 1.165) is 43.0 Å². The monoisotopic (exact) mass is 385 g/mol. The van der Waals surface area contributed by atoms with Crippen LogP contribution in [-0.4, -0.2) is 20.1 Å². The Hall–Kier alpha value is -0.880. The van der Waals surface area contributed by atoms with Crippen LogP contribution in [0.4, 0.5) is 0 Å². The minimum Gasteiger partial charge on any atom is -0.369 e. The van der Waals surface area contributed by atoms with Gasteiger partial charge in [0.05, 0.1) is 10.6 Å². The fourth-order valence-corrected chi connectivity index (χ4v) is 6.20. The lowest BCUT2D eigenvalue weighted by molar-refractivity contribution is -0.136. The van der Waals surface area contributed by atoms with Gasteiger partial charge in [-0.15, -0.1) is 0 Å². The molecule has 0 radical (unpaired) electrons. The second kappa shape index (κ2) is 5.34. The summed E-state index contributed by atoms with van der Waals surface area (Å²) in [5.74, 6) is -0.0345. The largest absolute Gasteiger partial charge is 0.369 e. The number of carbonyl (C=O) groups excluding carboxylic acids is 1. The van der Waals surface area contributed by atoms with E-state index < -0.39 is 9.84 Å². The molecule has 3 aliphatic carbocycles. The predicted octanol–water partition coefficient (Wildman–Crippen LogP) is 3.05. The van der Waals surface area contributed by atoms with Crippen LogP contribution in [0.15, 0.2) is 33.6 Å². The van der Waals surface area contributed by atoms with Gasteiger partial charge in [-0.25, -0.2) is 8.42 Å². The second-order valence-corrected chi connectivity index (χ2v) is 9.76. The zero-order valence-electron chi connectivity index (χ0n) is 12.3. The molecular formula is C16H20BrNO3S. The Morgan fingerprint density at radius 1 is 1.05 bits per heavy atom. The van der Waals surface area contributed by atoms with Crippen molar-refractivity contribution in [3.8, 4) is 0 Å². The third-order valence-electron chi connectivity index (χ3n) is 5.59. The van der Waals surface area contributed by atoms with Gasteiger partial charge in [-0.3, -0.25) is 4.79 Å². The molecule has 120 valence electrons. The zero-order chi connectivity index (χ0) is 16.0. The minimum absolute atomic E-state index is 0.177. The fourth-order valence-electron chi connectivity index (χ4n) is 3.98. The first-order valence-electron chi connectivity index (χ1n) is 7.55. The molecule has 0 heterocycles. The summed E-state index contributed by atoms with van der Waals surface area (Å²) in [6, 6.07) is 6.81. The minimum atomic E-state index is -3.30. The highest BCUT2D eigenvalue weighted by Crippen LogP contribution is 2.57. The molecule has 0 saturated heterocycles. The number of halogens is 1. The Kier molecular flexibility index (Phi) is 3.88. The third kappa shape index (κ3) is 2.71. The van der Waals surface area contributed by atoms with Crippen LogP contribution >= 0.6 is 15.9 Å². The van der Waals surface area contributed by atoms with Crippen molar-refractivity contribution in [1.29, 1.82) is 0 Å². The van der Waals surface area contributed by atoms with Crippen LogP contribution in [0.3, 0.4) is 0 Å². The van der Waals surface area contributed by atoms with Crippen molar-refractivity contribution in [2.75, 3.05) is 5.75 Å². The van der Waals surface area contributed by atoms with Crippen molar-refractivity contribution in [3.05, 3.63) is 28.7 Å². The van der Waals surface area contributed by atoms with Crippen LogP contribution in [-0.2, 0) is 14.6 Å². The second-order valence-electron chi connectivity index (χ2n) is 6.86. The molecule has 0 spiro atoms. The van der Waals surface area contributed by atoms with E-state index in [0.29, 0.717) is 4.90 Å². The van der Waals surface area contributed by atoms with E-state index >= 15 is 0 Å². The smallest absolute Gasteiger partial charge is 0.223 e. The Labute approximate surface area is 139 Å². The normalized spacial score (nSPS) is 31.1. The van der Waals surface area contributed by atoms with Gasteiger partial charge in [0, 0.05) is 9.89 Å². The highest BCUT2D eigenvalue weighted by atomic mass is 79.9. The van der Waals surface area contributed by atoms with Crippen LogP contribution in [0, 0.1) is 10.8 Å². The highest BCUT2D eigenvalue weighted by molar-refractivity contribution is 9.10. The standard InChI is InChI=1S/C16H20BrNO3S/c17-12-1-3-13(4-2-12)22(20,21)11-15-5-8-16(9-6-15,10-7-15)14(18)19/h1-4H,5-11H2,(H2,18,19). The van der Waals surface area contributed by atoms with Crippen LogP contribution in [0.25, 0.3) is 0 Å². The summed E-state index contributed by atoms with van der Waals surface area (Å²) in [4.78, 5) is 12.1. The van der Waals surface area contributed by atoms with Gasteiger partial charge >= 0.3 is 0 Å². The molecule has 3 saturated carbocycles. The first kappa shape index (κ1) is 16.0. The number of hydrogen-bond donors (Lipinski definition) is 1. The van der Waals surface area contributed by atoms with E-state index in [-0.39, 0.29) is 22.5 Å². The topological polar surface area (TPSA) is 77.2 Å². The molecule has 1 amide bonds. The number of sulfone groups is 1. The molecule has 2 bridgehead atoms. The van der Waals surface area contributed by atoms with Crippen molar-refractivity contribution >= 4 is 31.7 Å². The highest BCUT2D eigenvalue weighted by Gasteiger charge is 2.52. The Bertz CT molecular complexity index is 672. The van der Waals surface area contributed by atoms with Crippen molar-refractivity contribution < 1.29 is 13.2 Å². The van der Waals surface area contributed by atoms with E-state index in [1.165, 1.54) is 0 Å². The van der Waals surface area contributed by atoms with E-state index in [9.17, 15) is 13.2 Å². The molecule has 22 heavy (non-hydrogen) atoms. The first-order valence-corrected chi connectivity index (χ1v) is 10.00. The summed E-state index contributed by atoms with van der Waals surface area (Å²) >= 11 is 3.32. The Morgan fingerprint density at radius 3 is 2.00 bits per heavy atom. The molecule has 0 aliphatic heterocycles. The third-order valence-corrected chi connectivity index (χ3v) is 8.10. The van der Waals surface area contributed by atoms with Gasteiger partial charge < -0.3 is 5.73 Å². The van der Waals surface area contributed by atoms with Crippen molar-refractivity contribution in [3.63, 3.8) is 0 Å². The SMILES string of the molecule is NC(=O)C12CCC(CS(=O)(=O)c3ccc(Br)cc3)(CC1)CC2. The van der Waals surface area contributed by atoms with Crippen LogP contribution in [0.1, 0.15) is 38.5 Å². The van der Waals surface area contributed by atoms with Gasteiger partial charge in [-0.1, -0.05) is 15.9 Å². The van der Waals surface area contributed by atoms with Crippen LogP contribution in [0.5, 0.6) is 0 Å². The number of hydrogen-bond acceptors (Lipinski definition) is 3. The van der Waals surface area contributed by atoms with Gasteiger partial charge in [0.1, 0.15) is 0 Å². The van der Waals surface area contributed by atoms with Gasteiger partial charge in [-0.05, 0) is 68.2 Å². The average molecular weight is 386 g/mol. The number of amides is 1. The van der Waals surface area contributed by atoms with Gasteiger partial charge in [0.15, 0.2) is 9.84 Å². The number of carbonyl (C=O) groups is 1. The zero-order valence-corrected chi connectivity index (χ0v) is 14.7.